The molecule has 1 aliphatic rings. The van der Waals surface area contributed by atoms with Gasteiger partial charge in [-0.15, -0.1) is 10.2 Å². The Morgan fingerprint density at radius 2 is 2.25 bits per heavy atom. The van der Waals surface area contributed by atoms with Crippen LogP contribution >= 0.6 is 0 Å². The van der Waals surface area contributed by atoms with Gasteiger partial charge in [-0.25, -0.2) is 4.98 Å². The monoisotopic (exact) mass is 326 g/mol. The quantitative estimate of drug-likeness (QED) is 0.732. The van der Waals surface area contributed by atoms with Gasteiger partial charge in [0.05, 0.1) is 12.3 Å². The van der Waals surface area contributed by atoms with Crippen LogP contribution in [0.1, 0.15) is 30.2 Å². The van der Waals surface area contributed by atoms with Crippen molar-refractivity contribution < 1.29 is 4.74 Å². The van der Waals surface area contributed by atoms with Gasteiger partial charge in [-0.1, -0.05) is 6.07 Å². The molecule has 0 amide bonds. The van der Waals surface area contributed by atoms with Gasteiger partial charge >= 0.3 is 0 Å². The third-order valence-corrected chi connectivity index (χ3v) is 4.56. The van der Waals surface area contributed by atoms with Crippen molar-refractivity contribution in [1.29, 1.82) is 0 Å². The van der Waals surface area contributed by atoms with Crippen LogP contribution in [-0.2, 0) is 17.8 Å². The summed E-state index contributed by atoms with van der Waals surface area (Å²) >= 11 is 0. The van der Waals surface area contributed by atoms with Crippen LogP contribution in [0.15, 0.2) is 30.7 Å². The Balaban J connectivity index is 1.50. The van der Waals surface area contributed by atoms with Crippen LogP contribution in [0.4, 0.5) is 0 Å². The van der Waals surface area contributed by atoms with Crippen molar-refractivity contribution in [3.63, 3.8) is 0 Å². The maximum atomic E-state index is 5.92. The smallest absolute Gasteiger partial charge is 0.163 e. The predicted molar refractivity (Wildman–Crippen MR) is 89.6 cm³/mol. The summed E-state index contributed by atoms with van der Waals surface area (Å²) in [6.07, 6.45) is 3.87. The van der Waals surface area contributed by atoms with Crippen molar-refractivity contribution in [3.05, 3.63) is 47.9 Å². The molecule has 0 spiro atoms. The molecule has 1 saturated heterocycles. The van der Waals surface area contributed by atoms with Crippen LogP contribution in [0, 0.1) is 6.92 Å². The summed E-state index contributed by atoms with van der Waals surface area (Å²) < 4.78 is 10.1. The highest BCUT2D eigenvalue weighted by Crippen LogP contribution is 2.22. The van der Waals surface area contributed by atoms with Gasteiger partial charge in [-0.3, -0.25) is 4.90 Å². The summed E-state index contributed by atoms with van der Waals surface area (Å²) in [5.41, 5.74) is 3.28. The number of rotatable bonds is 4. The Bertz CT molecular complexity index is 839. The molecular formula is C17H22N6O. The molecule has 4 rings (SSSR count). The van der Waals surface area contributed by atoms with E-state index in [4.69, 9.17) is 9.72 Å². The summed E-state index contributed by atoms with van der Waals surface area (Å²) in [7, 11) is 0. The Morgan fingerprint density at radius 3 is 3.08 bits per heavy atom. The van der Waals surface area contributed by atoms with E-state index in [2.05, 4.69) is 45.6 Å². The van der Waals surface area contributed by atoms with E-state index in [-0.39, 0.29) is 6.10 Å². The number of pyridine rings is 1. The fourth-order valence-electron chi connectivity index (χ4n) is 3.26. The molecule has 1 unspecified atom stereocenters. The molecule has 1 fully saturated rings. The zero-order chi connectivity index (χ0) is 16.5. The van der Waals surface area contributed by atoms with E-state index in [0.29, 0.717) is 6.61 Å². The van der Waals surface area contributed by atoms with E-state index in [0.717, 1.165) is 43.3 Å². The van der Waals surface area contributed by atoms with Crippen LogP contribution in [0.3, 0.4) is 0 Å². The van der Waals surface area contributed by atoms with Crippen molar-refractivity contribution in [2.75, 3.05) is 19.7 Å². The number of nitrogens with zero attached hydrogens (tertiary/aromatic N) is 6. The van der Waals surface area contributed by atoms with E-state index in [1.807, 2.05) is 16.7 Å². The molecule has 0 aliphatic carbocycles. The summed E-state index contributed by atoms with van der Waals surface area (Å²) in [5, 5.41) is 8.25. The van der Waals surface area contributed by atoms with Crippen molar-refractivity contribution in [3.8, 4) is 0 Å². The van der Waals surface area contributed by atoms with Gasteiger partial charge in [-0.05, 0) is 26.0 Å². The normalized spacial score (nSPS) is 19.2. The van der Waals surface area contributed by atoms with Crippen LogP contribution < -0.4 is 0 Å². The van der Waals surface area contributed by atoms with Crippen LogP contribution in [0.2, 0.25) is 0 Å². The lowest BCUT2D eigenvalue weighted by molar-refractivity contribution is -0.0391. The van der Waals surface area contributed by atoms with Crippen molar-refractivity contribution in [2.45, 2.75) is 33.0 Å². The molecule has 3 aromatic heterocycles. The number of imidazole rings is 1. The van der Waals surface area contributed by atoms with E-state index in [1.54, 1.807) is 6.33 Å². The second kappa shape index (κ2) is 6.33. The number of ether oxygens (including phenoxy) is 1. The highest BCUT2D eigenvalue weighted by atomic mass is 16.5. The Hall–Kier alpha value is -2.25. The van der Waals surface area contributed by atoms with Crippen LogP contribution in [0.5, 0.6) is 0 Å². The first kappa shape index (κ1) is 15.3. The molecule has 7 heteroatoms. The zero-order valence-electron chi connectivity index (χ0n) is 14.1. The summed E-state index contributed by atoms with van der Waals surface area (Å²) in [6.45, 7) is 8.28. The molecule has 7 nitrogen and oxygen atoms in total. The minimum atomic E-state index is -0.0278. The maximum absolute atomic E-state index is 5.92. The maximum Gasteiger partial charge on any atom is 0.163 e. The predicted octanol–water partition coefficient (Wildman–Crippen LogP) is 1.83. The average molecular weight is 326 g/mol. The lowest BCUT2D eigenvalue weighted by Crippen LogP contribution is -2.38. The molecule has 0 bridgehead atoms. The topological polar surface area (TPSA) is 60.5 Å². The van der Waals surface area contributed by atoms with Gasteiger partial charge in [0.15, 0.2) is 5.82 Å². The highest BCUT2D eigenvalue weighted by molar-refractivity contribution is 5.41. The largest absolute Gasteiger partial charge is 0.368 e. The SMILES string of the molecule is CCn1cnnc1C1CN(Cc2cn3c(C)cccc3n2)CCO1. The third kappa shape index (κ3) is 2.81. The van der Waals surface area contributed by atoms with Gasteiger partial charge in [0.1, 0.15) is 18.1 Å². The van der Waals surface area contributed by atoms with Crippen molar-refractivity contribution in [2.24, 2.45) is 0 Å². The van der Waals surface area contributed by atoms with Gasteiger partial charge in [0.2, 0.25) is 0 Å². The molecular weight excluding hydrogens is 304 g/mol. The molecule has 0 aromatic carbocycles. The zero-order valence-corrected chi connectivity index (χ0v) is 14.1. The van der Waals surface area contributed by atoms with Crippen molar-refractivity contribution in [1.82, 2.24) is 29.0 Å². The molecule has 1 aliphatic heterocycles. The summed E-state index contributed by atoms with van der Waals surface area (Å²) in [4.78, 5) is 7.11. The first-order chi connectivity index (χ1) is 11.7. The Labute approximate surface area is 140 Å². The van der Waals surface area contributed by atoms with E-state index in [9.17, 15) is 0 Å². The molecule has 1 atom stereocenters. The Morgan fingerprint density at radius 1 is 1.33 bits per heavy atom. The second-order valence-corrected chi connectivity index (χ2v) is 6.20. The number of morpholine rings is 1. The number of hydrogen-bond acceptors (Lipinski definition) is 5. The molecule has 0 saturated carbocycles. The van der Waals surface area contributed by atoms with E-state index >= 15 is 0 Å². The first-order valence-corrected chi connectivity index (χ1v) is 8.40. The second-order valence-electron chi connectivity index (χ2n) is 6.20. The number of aryl methyl sites for hydroxylation is 2. The first-order valence-electron chi connectivity index (χ1n) is 8.40. The fraction of sp³-hybridized carbons (Fsp3) is 0.471. The van der Waals surface area contributed by atoms with Gasteiger partial charge in [0.25, 0.3) is 0 Å². The molecule has 24 heavy (non-hydrogen) atoms. The molecule has 0 radical (unpaired) electrons. The van der Waals surface area contributed by atoms with Crippen LogP contribution in [-0.4, -0.2) is 48.7 Å². The van der Waals surface area contributed by atoms with Gasteiger partial charge in [0, 0.05) is 38.1 Å². The number of hydrogen-bond donors (Lipinski definition) is 0. The highest BCUT2D eigenvalue weighted by Gasteiger charge is 2.26. The average Bonchev–Trinajstić information content (AvgIpc) is 3.22. The molecule has 0 N–H and O–H groups in total. The lowest BCUT2D eigenvalue weighted by Gasteiger charge is -2.31. The fourth-order valence-corrected chi connectivity index (χ4v) is 3.26. The number of aromatic nitrogens is 5. The summed E-state index contributed by atoms with van der Waals surface area (Å²) in [5.74, 6) is 0.910. The van der Waals surface area contributed by atoms with E-state index in [1.165, 1.54) is 5.69 Å². The molecule has 3 aromatic rings. The summed E-state index contributed by atoms with van der Waals surface area (Å²) in [6, 6.07) is 6.19. The third-order valence-electron chi connectivity index (χ3n) is 4.56. The molecule has 126 valence electrons. The van der Waals surface area contributed by atoms with Crippen molar-refractivity contribution >= 4 is 5.65 Å². The lowest BCUT2D eigenvalue weighted by atomic mass is 10.2. The number of fused-ring (bicyclic) bond motifs is 1. The minimum absolute atomic E-state index is 0.0278. The minimum Gasteiger partial charge on any atom is -0.368 e. The standard InChI is InChI=1S/C17H22N6O/c1-3-22-12-18-20-17(22)15-11-21(7-8-24-15)9-14-10-23-13(2)5-4-6-16(23)19-14/h4-6,10,12,15H,3,7-9,11H2,1-2H3. The Kier molecular flexibility index (Phi) is 4.03. The van der Waals surface area contributed by atoms with Crippen LogP contribution in [0.25, 0.3) is 5.65 Å². The van der Waals surface area contributed by atoms with Gasteiger partial charge in [-0.2, -0.15) is 0 Å². The molecule has 4 heterocycles. The van der Waals surface area contributed by atoms with E-state index < -0.39 is 0 Å². The van der Waals surface area contributed by atoms with Gasteiger partial charge < -0.3 is 13.7 Å².